The molecule has 13 atom stereocenters. The van der Waals surface area contributed by atoms with E-state index in [1.807, 2.05) is 13.8 Å². The van der Waals surface area contributed by atoms with Crippen molar-refractivity contribution >= 4 is 17.7 Å². The minimum atomic E-state index is -0.952. The van der Waals surface area contributed by atoms with Crippen LogP contribution >= 0.6 is 0 Å². The number of ether oxygens (including phenoxy) is 4. The lowest BCUT2D eigenvalue weighted by atomic mass is 9.49. The van der Waals surface area contributed by atoms with Crippen LogP contribution in [-0.2, 0) is 33.3 Å². The number of allylic oxidation sites excluding steroid dienone is 2. The first-order chi connectivity index (χ1) is 24.5. The second-order valence-corrected chi connectivity index (χ2v) is 19.0. The second kappa shape index (κ2) is 11.5. The van der Waals surface area contributed by atoms with Gasteiger partial charge in [0.05, 0.1) is 17.3 Å². The number of ketones is 1. The number of carbonyl (C=O) groups is 3. The van der Waals surface area contributed by atoms with Gasteiger partial charge in [-0.3, -0.25) is 14.4 Å². The number of nitrogens with zero attached hydrogens (tertiary/aromatic N) is 2. The van der Waals surface area contributed by atoms with Crippen molar-refractivity contribution in [3.8, 4) is 0 Å². The molecule has 0 aromatic rings. The van der Waals surface area contributed by atoms with Crippen LogP contribution in [-0.4, -0.2) is 96.0 Å². The van der Waals surface area contributed by atoms with Crippen molar-refractivity contribution in [2.45, 2.75) is 127 Å². The van der Waals surface area contributed by atoms with Crippen molar-refractivity contribution in [3.63, 3.8) is 0 Å². The maximum Gasteiger partial charge on any atom is 0.310 e. The first kappa shape index (κ1) is 33.5. The van der Waals surface area contributed by atoms with E-state index in [2.05, 4.69) is 16.4 Å². The molecule has 0 aromatic heterocycles. The Hall–Kier alpha value is -2.07. The van der Waals surface area contributed by atoms with E-state index < -0.39 is 22.4 Å². The highest BCUT2D eigenvalue weighted by atomic mass is 16.8. The summed E-state index contributed by atoms with van der Waals surface area (Å²) in [6.07, 6.45) is 10.8. The number of fused-ring (bicyclic) bond motifs is 7. The summed E-state index contributed by atoms with van der Waals surface area (Å²) in [5, 5.41) is 0. The third-order valence-corrected chi connectivity index (χ3v) is 16.4. The van der Waals surface area contributed by atoms with Crippen molar-refractivity contribution in [2.24, 2.45) is 52.8 Å². The van der Waals surface area contributed by atoms with Crippen molar-refractivity contribution < 1.29 is 33.3 Å². The zero-order chi connectivity index (χ0) is 35.1. The van der Waals surface area contributed by atoms with Crippen LogP contribution in [0.1, 0.15) is 97.3 Å². The Balaban J connectivity index is 1.09. The first-order valence-electron chi connectivity index (χ1n) is 20.6. The molecule has 5 aliphatic carbocycles. The van der Waals surface area contributed by atoms with Gasteiger partial charge < -0.3 is 28.7 Å². The van der Waals surface area contributed by atoms with E-state index in [-0.39, 0.29) is 77.3 Å². The van der Waals surface area contributed by atoms with Crippen molar-refractivity contribution in [1.29, 1.82) is 0 Å². The topological polar surface area (TPSA) is 94.6 Å². The summed E-state index contributed by atoms with van der Waals surface area (Å²) < 4.78 is 28.1. The maximum absolute atomic E-state index is 15.3. The van der Waals surface area contributed by atoms with Gasteiger partial charge in [-0.05, 0) is 129 Å². The molecule has 0 N–H and O–H groups in total. The van der Waals surface area contributed by atoms with Crippen LogP contribution in [0, 0.1) is 52.8 Å². The molecule has 0 amide bonds. The average Bonchev–Trinajstić information content (AvgIpc) is 3.93. The fourth-order valence-electron chi connectivity index (χ4n) is 14.7. The Morgan fingerprint density at radius 2 is 1.25 bits per heavy atom. The monoisotopic (exact) mass is 702 g/mol. The Morgan fingerprint density at radius 3 is 1.84 bits per heavy atom. The molecule has 51 heavy (non-hydrogen) atoms. The summed E-state index contributed by atoms with van der Waals surface area (Å²) in [5.41, 5.74) is -0.366. The van der Waals surface area contributed by atoms with E-state index >= 15 is 4.79 Å². The molecular weight excluding hydrogens is 644 g/mol. The molecule has 0 aromatic carbocycles. The molecule has 10 fully saturated rings. The van der Waals surface area contributed by atoms with Gasteiger partial charge in [-0.2, -0.15) is 0 Å². The standard InChI is InChI=1S/C42H58N2O7/c1-24-10-12-26-30(22-43-16-5-6-17-43)37(46)48-35(26)33-28(24)20-32(45)40(33)14-9-15-41-34-29(21-42(40,41)51-39(3,4)50-41)25(2)11-13-27-31(38(47)49-36(27)34)23-44-18-7-8-19-44/h26-31,33-36H,1-2,5-23H2,3-4H3/t26-,27-,28-,29-,30?,31?,33?,34-,35-,36-,40+,41-,42-/m0/s1. The average molecular weight is 703 g/mol. The molecule has 5 heterocycles. The molecule has 1 spiro atoms. The van der Waals surface area contributed by atoms with Gasteiger partial charge in [-0.1, -0.05) is 24.3 Å². The lowest BCUT2D eigenvalue weighted by molar-refractivity contribution is -0.214. The smallest absolute Gasteiger partial charge is 0.310 e. The molecule has 5 saturated carbocycles. The number of esters is 2. The summed E-state index contributed by atoms with van der Waals surface area (Å²) in [6, 6.07) is 0. The summed E-state index contributed by atoms with van der Waals surface area (Å²) in [6.45, 7) is 19.1. The highest BCUT2D eigenvalue weighted by Gasteiger charge is 2.86. The quantitative estimate of drug-likeness (QED) is 0.280. The first-order valence-corrected chi connectivity index (χ1v) is 20.6. The van der Waals surface area contributed by atoms with Crippen molar-refractivity contribution in [3.05, 3.63) is 24.3 Å². The van der Waals surface area contributed by atoms with Crippen LogP contribution in [0.25, 0.3) is 0 Å². The maximum atomic E-state index is 15.3. The third kappa shape index (κ3) is 4.44. The molecule has 9 heteroatoms. The highest BCUT2D eigenvalue weighted by molar-refractivity contribution is 5.91. The molecule has 3 unspecified atom stereocenters. The number of rotatable bonds is 4. The Bertz CT molecular complexity index is 1550. The largest absolute Gasteiger partial charge is 0.461 e. The number of Topliss-reactive ketones (excluding diaryl/α,β-unsaturated/α-hetero) is 1. The van der Waals surface area contributed by atoms with Gasteiger partial charge in [0.2, 0.25) is 0 Å². The Kier molecular flexibility index (Phi) is 7.53. The van der Waals surface area contributed by atoms with E-state index in [1.54, 1.807) is 0 Å². The Morgan fingerprint density at radius 1 is 0.706 bits per heavy atom. The SMILES string of the molecule is C=C1CC[C@H]2C(CN3CCCC3)C(=O)O[C@@H]2C2[C@H]1CC(=O)[C@]21CCC[C@@]23OC(C)(C)O[C@]21C[C@H]1C(=C)CC[C@H]2C(CN4CCCC4)C(=O)O[C@@H]2[C@H]13. The van der Waals surface area contributed by atoms with E-state index in [9.17, 15) is 9.59 Å². The molecule has 10 rings (SSSR count). The molecule has 0 bridgehead atoms. The molecular formula is C42H58N2O7. The molecule has 278 valence electrons. The minimum Gasteiger partial charge on any atom is -0.461 e. The normalized spacial score (nSPS) is 50.4. The Labute approximate surface area is 303 Å². The summed E-state index contributed by atoms with van der Waals surface area (Å²) in [4.78, 5) is 48.1. The van der Waals surface area contributed by atoms with Crippen LogP contribution in [0.4, 0.5) is 0 Å². The van der Waals surface area contributed by atoms with Gasteiger partial charge in [0.25, 0.3) is 0 Å². The lowest BCUT2D eigenvalue weighted by Gasteiger charge is -2.58. The van der Waals surface area contributed by atoms with Gasteiger partial charge in [-0.25, -0.2) is 0 Å². The molecule has 10 aliphatic rings. The van der Waals surface area contributed by atoms with Gasteiger partial charge in [-0.15, -0.1) is 0 Å². The van der Waals surface area contributed by atoms with Gasteiger partial charge in [0.15, 0.2) is 5.79 Å². The van der Waals surface area contributed by atoms with Crippen molar-refractivity contribution in [2.75, 3.05) is 39.3 Å². The number of hydrogen-bond acceptors (Lipinski definition) is 9. The second-order valence-electron chi connectivity index (χ2n) is 19.0. The minimum absolute atomic E-state index is 0.00933. The number of likely N-dealkylation sites (tertiary alicyclic amines) is 2. The van der Waals surface area contributed by atoms with E-state index in [1.165, 1.54) is 31.3 Å². The van der Waals surface area contributed by atoms with Gasteiger partial charge in [0.1, 0.15) is 29.2 Å². The summed E-state index contributed by atoms with van der Waals surface area (Å²) in [7, 11) is 0. The molecule has 9 nitrogen and oxygen atoms in total. The van der Waals surface area contributed by atoms with E-state index in [0.29, 0.717) is 19.3 Å². The zero-order valence-corrected chi connectivity index (χ0v) is 30.9. The van der Waals surface area contributed by atoms with E-state index in [4.69, 9.17) is 25.5 Å². The van der Waals surface area contributed by atoms with Crippen LogP contribution in [0.3, 0.4) is 0 Å². The third-order valence-electron chi connectivity index (χ3n) is 16.4. The number of hydrogen-bond donors (Lipinski definition) is 0. The van der Waals surface area contributed by atoms with Crippen LogP contribution < -0.4 is 0 Å². The fourth-order valence-corrected chi connectivity index (χ4v) is 14.7. The zero-order valence-electron chi connectivity index (χ0n) is 30.9. The molecule has 5 aliphatic heterocycles. The van der Waals surface area contributed by atoms with Crippen molar-refractivity contribution in [1.82, 2.24) is 9.80 Å². The molecule has 0 radical (unpaired) electrons. The fraction of sp³-hybridized carbons (Fsp3) is 0.833. The van der Waals surface area contributed by atoms with E-state index in [0.717, 1.165) is 83.4 Å². The highest BCUT2D eigenvalue weighted by Crippen LogP contribution is 2.77. The van der Waals surface area contributed by atoms with Crippen LogP contribution in [0.2, 0.25) is 0 Å². The van der Waals surface area contributed by atoms with Crippen LogP contribution in [0.15, 0.2) is 24.3 Å². The predicted molar refractivity (Wildman–Crippen MR) is 188 cm³/mol. The summed E-state index contributed by atoms with van der Waals surface area (Å²) >= 11 is 0. The lowest BCUT2D eigenvalue weighted by Crippen LogP contribution is -2.69. The summed E-state index contributed by atoms with van der Waals surface area (Å²) in [5.74, 6) is -1.48. The molecule has 5 saturated heterocycles. The van der Waals surface area contributed by atoms with Crippen LogP contribution in [0.5, 0.6) is 0 Å². The predicted octanol–water partition coefficient (Wildman–Crippen LogP) is 5.47. The van der Waals surface area contributed by atoms with Gasteiger partial charge >= 0.3 is 11.9 Å². The number of carbonyl (C=O) groups excluding carboxylic acids is 3. The van der Waals surface area contributed by atoms with Gasteiger partial charge in [0, 0.05) is 43.2 Å².